The first-order valence-corrected chi connectivity index (χ1v) is 6.64. The Labute approximate surface area is 105 Å². The zero-order valence-electron chi connectivity index (χ0n) is 9.65. The zero-order valence-corrected chi connectivity index (χ0v) is 10.5. The number of rotatable bonds is 7. The van der Waals surface area contributed by atoms with E-state index in [9.17, 15) is 8.42 Å². The van der Waals surface area contributed by atoms with Gasteiger partial charge in [-0.1, -0.05) is 0 Å². The largest absolute Gasteiger partial charge is 0.395 e. The van der Waals surface area contributed by atoms with Gasteiger partial charge in [0.1, 0.15) is 5.82 Å². The van der Waals surface area contributed by atoms with Crippen LogP contribution >= 0.6 is 0 Å². The van der Waals surface area contributed by atoms with Crippen molar-refractivity contribution in [1.29, 1.82) is 0 Å². The number of hydrogen-bond donors (Lipinski definition) is 4. The van der Waals surface area contributed by atoms with Gasteiger partial charge in [-0.25, -0.2) is 19.2 Å². The van der Waals surface area contributed by atoms with Crippen LogP contribution in [0.5, 0.6) is 0 Å². The standard InChI is InChI=1S/C9H16N4O4S/c10-12-9-7-8(1-2-11-9)18(16,17)13(3-5-14)4-6-15/h1-2,7,14-15H,3-6,10H2,(H,11,12). The van der Waals surface area contributed by atoms with Crippen molar-refractivity contribution in [3.8, 4) is 0 Å². The highest BCUT2D eigenvalue weighted by Gasteiger charge is 2.23. The van der Waals surface area contributed by atoms with Gasteiger partial charge in [0.25, 0.3) is 0 Å². The smallest absolute Gasteiger partial charge is 0.243 e. The van der Waals surface area contributed by atoms with Gasteiger partial charge in [-0.2, -0.15) is 4.31 Å². The summed E-state index contributed by atoms with van der Waals surface area (Å²) in [5.74, 6) is 5.37. The maximum Gasteiger partial charge on any atom is 0.243 e. The van der Waals surface area contributed by atoms with Crippen LogP contribution in [0.4, 0.5) is 5.82 Å². The van der Waals surface area contributed by atoms with Crippen molar-refractivity contribution >= 4 is 15.8 Å². The topological polar surface area (TPSA) is 129 Å². The molecule has 0 unspecified atom stereocenters. The molecule has 5 N–H and O–H groups in total. The summed E-state index contributed by atoms with van der Waals surface area (Å²) >= 11 is 0. The zero-order chi connectivity index (χ0) is 13.6. The van der Waals surface area contributed by atoms with Crippen molar-refractivity contribution in [2.45, 2.75) is 4.90 Å². The van der Waals surface area contributed by atoms with Crippen molar-refractivity contribution in [2.75, 3.05) is 31.7 Å². The number of nitrogens with one attached hydrogen (secondary N) is 1. The van der Waals surface area contributed by atoms with E-state index in [0.717, 1.165) is 4.31 Å². The average molecular weight is 276 g/mol. The molecule has 0 saturated heterocycles. The van der Waals surface area contributed by atoms with E-state index in [2.05, 4.69) is 10.4 Å². The van der Waals surface area contributed by atoms with Gasteiger partial charge >= 0.3 is 0 Å². The molecular formula is C9H16N4O4S. The number of nitrogens with zero attached hydrogens (tertiary/aromatic N) is 2. The second kappa shape index (κ2) is 6.61. The Bertz CT molecular complexity index is 473. The summed E-state index contributed by atoms with van der Waals surface area (Å²) in [4.78, 5) is 3.80. The van der Waals surface area contributed by atoms with Crippen LogP contribution in [0.25, 0.3) is 0 Å². The number of sulfonamides is 1. The summed E-state index contributed by atoms with van der Waals surface area (Å²) in [6.07, 6.45) is 1.30. The lowest BCUT2D eigenvalue weighted by molar-refractivity contribution is 0.217. The second-order valence-corrected chi connectivity index (χ2v) is 5.31. The first-order chi connectivity index (χ1) is 8.56. The molecule has 9 heteroatoms. The van der Waals surface area contributed by atoms with Crippen LogP contribution in [-0.2, 0) is 10.0 Å². The van der Waals surface area contributed by atoms with E-state index in [4.69, 9.17) is 16.1 Å². The maximum absolute atomic E-state index is 12.2. The molecule has 8 nitrogen and oxygen atoms in total. The van der Waals surface area contributed by atoms with Crippen LogP contribution < -0.4 is 11.3 Å². The molecule has 0 spiro atoms. The number of hydrogen-bond acceptors (Lipinski definition) is 7. The summed E-state index contributed by atoms with van der Waals surface area (Å²) in [7, 11) is -3.78. The third-order valence-electron chi connectivity index (χ3n) is 2.22. The van der Waals surface area contributed by atoms with E-state index >= 15 is 0 Å². The third kappa shape index (κ3) is 3.37. The highest BCUT2D eigenvalue weighted by molar-refractivity contribution is 7.89. The molecule has 102 valence electrons. The van der Waals surface area contributed by atoms with Gasteiger partial charge in [0, 0.05) is 25.4 Å². The Balaban J connectivity index is 3.08. The van der Waals surface area contributed by atoms with Gasteiger partial charge in [-0.15, -0.1) is 0 Å². The average Bonchev–Trinajstić information content (AvgIpc) is 2.38. The van der Waals surface area contributed by atoms with Crippen LogP contribution in [0.2, 0.25) is 0 Å². The highest BCUT2D eigenvalue weighted by atomic mass is 32.2. The molecule has 0 bridgehead atoms. The van der Waals surface area contributed by atoms with Crippen LogP contribution in [-0.4, -0.2) is 54.2 Å². The first-order valence-electron chi connectivity index (χ1n) is 5.20. The number of pyridine rings is 1. The van der Waals surface area contributed by atoms with Gasteiger partial charge < -0.3 is 15.6 Å². The molecule has 1 aromatic heterocycles. The van der Waals surface area contributed by atoms with Gasteiger partial charge in [0.15, 0.2) is 0 Å². The van der Waals surface area contributed by atoms with Crippen molar-refractivity contribution < 1.29 is 18.6 Å². The van der Waals surface area contributed by atoms with Gasteiger partial charge in [0.2, 0.25) is 10.0 Å². The number of nitrogen functional groups attached to an aromatic ring is 1. The summed E-state index contributed by atoms with van der Waals surface area (Å²) in [5.41, 5.74) is 2.25. The fraction of sp³-hybridized carbons (Fsp3) is 0.444. The lowest BCUT2D eigenvalue weighted by Gasteiger charge is -2.20. The van der Waals surface area contributed by atoms with E-state index in [0.29, 0.717) is 0 Å². The number of anilines is 1. The summed E-state index contributed by atoms with van der Waals surface area (Å²) in [5, 5.41) is 17.7. The summed E-state index contributed by atoms with van der Waals surface area (Å²) < 4.78 is 25.4. The minimum absolute atomic E-state index is 0.00708. The molecule has 0 atom stereocenters. The third-order valence-corrected chi connectivity index (χ3v) is 4.11. The van der Waals surface area contributed by atoms with Crippen LogP contribution in [0, 0.1) is 0 Å². The normalized spacial score (nSPS) is 11.8. The van der Waals surface area contributed by atoms with Gasteiger partial charge in [-0.05, 0) is 6.07 Å². The van der Waals surface area contributed by atoms with E-state index in [-0.39, 0.29) is 37.0 Å². The Hall–Kier alpha value is -1.26. The van der Waals surface area contributed by atoms with Crippen LogP contribution in [0.1, 0.15) is 0 Å². The number of aliphatic hydroxyl groups is 2. The maximum atomic E-state index is 12.2. The fourth-order valence-electron chi connectivity index (χ4n) is 1.37. The molecule has 0 radical (unpaired) electrons. The van der Waals surface area contributed by atoms with E-state index in [1.54, 1.807) is 0 Å². The van der Waals surface area contributed by atoms with Gasteiger partial charge in [-0.3, -0.25) is 0 Å². The summed E-state index contributed by atoms with van der Waals surface area (Å²) in [6, 6.07) is 2.59. The lowest BCUT2D eigenvalue weighted by Crippen LogP contribution is -2.35. The monoisotopic (exact) mass is 276 g/mol. The SMILES string of the molecule is NNc1cc(S(=O)(=O)N(CCO)CCO)ccn1. The number of hydrazine groups is 1. The molecule has 0 aromatic carbocycles. The summed E-state index contributed by atoms with van der Waals surface area (Å²) in [6.45, 7) is -0.828. The van der Waals surface area contributed by atoms with Crippen LogP contribution in [0.3, 0.4) is 0 Å². The Kier molecular flexibility index (Phi) is 5.44. The van der Waals surface area contributed by atoms with Crippen molar-refractivity contribution in [3.05, 3.63) is 18.3 Å². The molecule has 1 heterocycles. The number of aliphatic hydroxyl groups excluding tert-OH is 2. The van der Waals surface area contributed by atoms with Crippen molar-refractivity contribution in [3.63, 3.8) is 0 Å². The molecule has 0 aliphatic carbocycles. The Morgan fingerprint density at radius 2 is 1.94 bits per heavy atom. The molecule has 1 rings (SSSR count). The molecule has 1 aromatic rings. The number of aromatic nitrogens is 1. The predicted molar refractivity (Wildman–Crippen MR) is 65.0 cm³/mol. The Morgan fingerprint density at radius 1 is 1.33 bits per heavy atom. The van der Waals surface area contributed by atoms with E-state index < -0.39 is 10.0 Å². The molecule has 18 heavy (non-hydrogen) atoms. The lowest BCUT2D eigenvalue weighted by atomic mass is 10.5. The predicted octanol–water partition coefficient (Wildman–Crippen LogP) is -1.66. The van der Waals surface area contributed by atoms with Gasteiger partial charge in [0.05, 0.1) is 18.1 Å². The molecule has 0 aliphatic heterocycles. The Morgan fingerprint density at radius 3 is 2.44 bits per heavy atom. The molecule has 0 fully saturated rings. The van der Waals surface area contributed by atoms with Crippen molar-refractivity contribution in [1.82, 2.24) is 9.29 Å². The van der Waals surface area contributed by atoms with E-state index in [1.807, 2.05) is 0 Å². The molecular weight excluding hydrogens is 260 g/mol. The van der Waals surface area contributed by atoms with Crippen LogP contribution in [0.15, 0.2) is 23.2 Å². The molecule has 0 amide bonds. The van der Waals surface area contributed by atoms with Crippen molar-refractivity contribution in [2.24, 2.45) is 5.84 Å². The highest BCUT2D eigenvalue weighted by Crippen LogP contribution is 2.17. The second-order valence-electron chi connectivity index (χ2n) is 3.37. The fourth-order valence-corrected chi connectivity index (χ4v) is 2.81. The molecule has 0 aliphatic rings. The first kappa shape index (κ1) is 14.8. The van der Waals surface area contributed by atoms with E-state index in [1.165, 1.54) is 18.3 Å². The molecule has 0 saturated carbocycles. The number of nitrogens with two attached hydrogens (primary N) is 1. The quantitative estimate of drug-likeness (QED) is 0.346. The minimum atomic E-state index is -3.78. The minimum Gasteiger partial charge on any atom is -0.395 e.